The molecule has 0 fully saturated rings. The zero-order valence-corrected chi connectivity index (χ0v) is 80.9. The van der Waals surface area contributed by atoms with Crippen LogP contribution in [0.5, 0.6) is 0 Å². The minimum atomic E-state index is -4.85. The molecule has 0 radical (unpaired) electrons. The number of hydrogen-bond acceptors (Lipinski definition) is 18. The Hall–Kier alpha value is -2.42. The van der Waals surface area contributed by atoms with E-state index in [9.17, 15) is 57.9 Å². The van der Waals surface area contributed by atoms with Crippen LogP contribution in [-0.4, -0.2) is 158 Å². The van der Waals surface area contributed by atoms with Gasteiger partial charge in [0.25, 0.3) is 11.8 Å². The van der Waals surface area contributed by atoms with E-state index in [-0.39, 0.29) is 150 Å². The number of aliphatic hydroxyl groups is 2. The molecule has 678 valence electrons. The largest absolute Gasteiger partial charge is 1.00 e. The van der Waals surface area contributed by atoms with Crippen LogP contribution < -0.4 is 80.4 Å². The Kier molecular flexibility index (Phi) is 82.6. The second-order valence-electron chi connectivity index (χ2n) is 31.5. The fourth-order valence-electron chi connectivity index (χ4n) is 13.4. The number of nitrogens with one attached hydrogen (secondary N) is 4. The summed E-state index contributed by atoms with van der Waals surface area (Å²) in [5.74, 6) is -3.19. The molecule has 28 heteroatoms. The number of hydrogen-bond donors (Lipinski definition) is 8. The maximum Gasteiger partial charge on any atom is 1.00 e. The van der Waals surface area contributed by atoms with Crippen molar-refractivity contribution in [2.45, 2.75) is 412 Å². The number of esters is 2. The van der Waals surface area contributed by atoms with Gasteiger partial charge in [-0.3, -0.25) is 46.9 Å². The van der Waals surface area contributed by atoms with Crippen molar-refractivity contribution in [3.8, 4) is 0 Å². The molecule has 0 aliphatic heterocycles. The Balaban J connectivity index is -0.0000168. The van der Waals surface area contributed by atoms with Crippen molar-refractivity contribution in [2.75, 3.05) is 65.9 Å². The predicted octanol–water partition coefficient (Wildman–Crippen LogP) is 14.7. The standard InChI is InChI=1S/C90H164N4O20P2.2Na.2H/c1-7-13-19-25-29-33-37-43-49-57-81(113-87(99)61-51-45-39-35-31-27-21-15-9-3)71-85(97)93-77(73-107-67-63-79(95)55-47-41-23-17-11-5)75-111-115(103,104)109-69-65-91-89(101)83-59-53-54-60-84(83)90(102)92-66-70-110-116(105,106)112-76-78(74-108-68-64-80(96)56-48-42-24-18-12-6)94-86(98)72-82(58-50-44-38-34-30-26-20-14-8-2)114-88(100)62-52-46-40-36-32-28-22-16-10-4;;;;/h35-36,39-40,53-54,59-60,77-82,95-96H,7-34,37-38,41-52,55-58,61-76H2,1-6H3,(H,91,101)(H,92,102)(H,93,97)(H,94,98)(H,103,104)(H,105,106);;;;/q;2*+1;2*-1/b39-35+,40-36+;;;;/t77?,78?,79-,80-,81-,82-;;;;/m1..../s1. The number of allylic oxidation sites excluding steroid dienone is 4. The van der Waals surface area contributed by atoms with Crippen LogP contribution in [0, 0.1) is 0 Å². The molecule has 0 aliphatic rings. The molecule has 1 aromatic rings. The Bertz CT molecular complexity index is 2600. The summed E-state index contributed by atoms with van der Waals surface area (Å²) in [6.07, 6.45) is 53.5. The normalized spacial score (nSPS) is 14.1. The van der Waals surface area contributed by atoms with E-state index in [2.05, 4.69) is 87.1 Å². The quantitative estimate of drug-likeness (QED) is 0.00987. The van der Waals surface area contributed by atoms with E-state index in [1.54, 1.807) is 0 Å². The number of rotatable bonds is 84. The van der Waals surface area contributed by atoms with Crippen LogP contribution in [0.4, 0.5) is 0 Å². The summed E-state index contributed by atoms with van der Waals surface area (Å²) in [6, 6.07) is 3.91. The van der Waals surface area contributed by atoms with Gasteiger partial charge < -0.3 is 63.1 Å². The van der Waals surface area contributed by atoms with Gasteiger partial charge in [0.1, 0.15) is 12.2 Å². The van der Waals surface area contributed by atoms with E-state index < -0.39 is 102 Å². The summed E-state index contributed by atoms with van der Waals surface area (Å²) < 4.78 is 71.9. The summed E-state index contributed by atoms with van der Waals surface area (Å²) in [4.78, 5) is 103. The first kappa shape index (κ1) is 118. The second kappa shape index (κ2) is 82.8. The van der Waals surface area contributed by atoms with Crippen molar-refractivity contribution in [1.82, 2.24) is 21.3 Å². The summed E-state index contributed by atoms with van der Waals surface area (Å²) >= 11 is 0. The SMILES string of the molecule is CCCCCC/C=C/CCCC(=O)O[C@H](CCCCCCCCCCC)CC(=O)NC(COCC[C@H](O)CCCCCCC)COP(=O)(O)OCCNC(=O)c1ccccc1C(=O)NCCOP(=O)(O)OCC(COCC[C@H](O)CCCCCCC)NC(=O)C[C@@H](CCCCCCCCCCC)OC(=O)CCC/C=C/CCCCCC.[H-].[H-].[Na+].[Na+]. The number of unbranched alkanes of at least 4 members (excludes halogenated alkanes) is 34. The van der Waals surface area contributed by atoms with Gasteiger partial charge in [-0.1, -0.05) is 283 Å². The van der Waals surface area contributed by atoms with E-state index in [1.807, 2.05) is 0 Å². The number of carbonyl (C=O) groups excluding carboxylic acids is 6. The summed E-state index contributed by atoms with van der Waals surface area (Å²) in [5.41, 5.74) is -0.145. The van der Waals surface area contributed by atoms with Gasteiger partial charge in [-0.05, 0) is 115 Å². The number of benzene rings is 1. The average Bonchev–Trinajstić information content (AvgIpc) is 0.843. The summed E-state index contributed by atoms with van der Waals surface area (Å²) in [5, 5.41) is 32.2. The van der Waals surface area contributed by atoms with Crippen molar-refractivity contribution < 1.29 is 157 Å². The molecule has 0 heterocycles. The number of aliphatic hydroxyl groups excluding tert-OH is 2. The van der Waals surface area contributed by atoms with Crippen molar-refractivity contribution in [3.05, 3.63) is 59.7 Å². The van der Waals surface area contributed by atoms with E-state index in [0.29, 0.717) is 51.4 Å². The topological polar surface area (TPSA) is 339 Å². The first-order valence-corrected chi connectivity index (χ1v) is 48.9. The molecule has 0 bridgehead atoms. The third-order valence-electron chi connectivity index (χ3n) is 20.4. The van der Waals surface area contributed by atoms with Gasteiger partial charge in [0.15, 0.2) is 0 Å². The van der Waals surface area contributed by atoms with Gasteiger partial charge >= 0.3 is 86.7 Å². The van der Waals surface area contributed by atoms with Crippen LogP contribution in [0.15, 0.2) is 48.6 Å². The first-order chi connectivity index (χ1) is 56.2. The number of ether oxygens (including phenoxy) is 4. The van der Waals surface area contributed by atoms with Crippen LogP contribution in [0.3, 0.4) is 0 Å². The Morgan fingerprint density at radius 1 is 0.373 bits per heavy atom. The van der Waals surface area contributed by atoms with Crippen molar-refractivity contribution in [2.24, 2.45) is 0 Å². The zero-order valence-electron chi connectivity index (χ0n) is 77.1. The summed E-state index contributed by atoms with van der Waals surface area (Å²) in [6.45, 7) is 10.3. The molecule has 1 aromatic carbocycles. The number of phosphoric acid groups is 2. The Morgan fingerprint density at radius 3 is 0.983 bits per heavy atom. The fourth-order valence-corrected chi connectivity index (χ4v) is 14.9. The van der Waals surface area contributed by atoms with Crippen LogP contribution in [-0.2, 0) is 65.4 Å². The van der Waals surface area contributed by atoms with Gasteiger partial charge in [0.05, 0.1) is 87.9 Å². The minimum absolute atomic E-state index is 0. The molecule has 0 aliphatic carbocycles. The fraction of sp³-hybridized carbons (Fsp3) is 0.822. The smallest absolute Gasteiger partial charge is 1.00 e. The third kappa shape index (κ3) is 72.8. The summed E-state index contributed by atoms with van der Waals surface area (Å²) in [7, 11) is -9.70. The predicted molar refractivity (Wildman–Crippen MR) is 466 cm³/mol. The van der Waals surface area contributed by atoms with Crippen molar-refractivity contribution in [1.29, 1.82) is 0 Å². The van der Waals surface area contributed by atoms with Gasteiger partial charge in [-0.25, -0.2) is 9.13 Å². The molecule has 0 saturated carbocycles. The van der Waals surface area contributed by atoms with E-state index in [0.717, 1.165) is 154 Å². The Labute approximate surface area is 761 Å². The van der Waals surface area contributed by atoms with Crippen molar-refractivity contribution >= 4 is 51.2 Å². The molecule has 4 unspecified atom stereocenters. The van der Waals surface area contributed by atoms with E-state index in [4.69, 9.17) is 37.0 Å². The van der Waals surface area contributed by atoms with Crippen LogP contribution in [0.25, 0.3) is 0 Å². The van der Waals surface area contributed by atoms with Gasteiger partial charge in [0, 0.05) is 39.1 Å². The molecule has 0 saturated heterocycles. The number of carbonyl (C=O) groups is 6. The molecular weight excluding hydrogens is 1560 g/mol. The molecule has 1 rings (SSSR count). The average molecular weight is 1730 g/mol. The van der Waals surface area contributed by atoms with Gasteiger partial charge in [-0.2, -0.15) is 0 Å². The van der Waals surface area contributed by atoms with E-state index >= 15 is 0 Å². The Morgan fingerprint density at radius 2 is 0.661 bits per heavy atom. The molecule has 24 nitrogen and oxygen atoms in total. The molecule has 118 heavy (non-hydrogen) atoms. The van der Waals surface area contributed by atoms with E-state index in [1.165, 1.54) is 127 Å². The third-order valence-corrected chi connectivity index (χ3v) is 22.4. The minimum Gasteiger partial charge on any atom is -1.00 e. The van der Waals surface area contributed by atoms with Crippen LogP contribution in [0.2, 0.25) is 0 Å². The zero-order chi connectivity index (χ0) is 85.1. The molecule has 8 atom stereocenters. The monoisotopic (exact) mass is 1730 g/mol. The molecule has 0 aromatic heterocycles. The first-order valence-electron chi connectivity index (χ1n) is 45.9. The number of amides is 4. The second-order valence-corrected chi connectivity index (χ2v) is 34.4. The maximum absolute atomic E-state index is 13.9. The van der Waals surface area contributed by atoms with Crippen LogP contribution >= 0.6 is 15.6 Å². The molecule has 0 spiro atoms. The van der Waals surface area contributed by atoms with Crippen molar-refractivity contribution in [3.63, 3.8) is 0 Å². The molecular formula is C90H166N4Na2O20P2. The van der Waals surface area contributed by atoms with Gasteiger partial charge in [0.2, 0.25) is 11.8 Å². The molecule has 8 N–H and O–H groups in total. The molecule has 4 amide bonds. The van der Waals surface area contributed by atoms with Crippen LogP contribution in [0.1, 0.15) is 399 Å². The van der Waals surface area contributed by atoms with Gasteiger partial charge in [-0.15, -0.1) is 0 Å². The number of phosphoric ester groups is 2. The maximum atomic E-state index is 13.9.